The lowest BCUT2D eigenvalue weighted by Crippen LogP contribution is -2.52. The highest BCUT2D eigenvalue weighted by atomic mass is 16.2. The van der Waals surface area contributed by atoms with Gasteiger partial charge in [0.05, 0.1) is 12.6 Å². The largest absolute Gasteiger partial charge is 0.330 e. The zero-order chi connectivity index (χ0) is 11.0. The third-order valence-electron chi connectivity index (χ3n) is 3.63. The van der Waals surface area contributed by atoms with E-state index >= 15 is 0 Å². The molecule has 2 atom stereocenters. The summed E-state index contributed by atoms with van der Waals surface area (Å²) in [4.78, 5) is 14.0. The summed E-state index contributed by atoms with van der Waals surface area (Å²) in [5, 5.41) is 3.19. The Morgan fingerprint density at radius 3 is 2.81 bits per heavy atom. The zero-order valence-electron chi connectivity index (χ0n) is 9.23. The summed E-state index contributed by atoms with van der Waals surface area (Å²) in [5.74, 6) is 0.252. The molecule has 2 aliphatic heterocycles. The molecule has 16 heavy (non-hydrogen) atoms. The lowest BCUT2D eigenvalue weighted by atomic mass is 10.0. The lowest BCUT2D eigenvalue weighted by Gasteiger charge is -2.34. The van der Waals surface area contributed by atoms with E-state index in [9.17, 15) is 4.79 Å². The van der Waals surface area contributed by atoms with E-state index in [1.807, 2.05) is 6.07 Å². The van der Waals surface area contributed by atoms with Crippen molar-refractivity contribution in [2.24, 2.45) is 0 Å². The van der Waals surface area contributed by atoms with Gasteiger partial charge in [-0.15, -0.1) is 0 Å². The number of nitrogens with one attached hydrogen (secondary N) is 1. The predicted molar refractivity (Wildman–Crippen MR) is 61.9 cm³/mol. The molecule has 84 valence electrons. The third kappa shape index (κ3) is 1.52. The quantitative estimate of drug-likeness (QED) is 0.768. The minimum absolute atomic E-state index is 0.252. The molecule has 0 radical (unpaired) electrons. The summed E-state index contributed by atoms with van der Waals surface area (Å²) in [6.07, 6.45) is 2.22. The zero-order valence-corrected chi connectivity index (χ0v) is 9.23. The molecular weight excluding hydrogens is 200 g/mol. The summed E-state index contributed by atoms with van der Waals surface area (Å²) < 4.78 is 0. The molecule has 2 aliphatic rings. The van der Waals surface area contributed by atoms with Gasteiger partial charge in [0.2, 0.25) is 5.91 Å². The Bertz CT molecular complexity index is 390. The van der Waals surface area contributed by atoms with Crippen LogP contribution in [-0.4, -0.2) is 29.9 Å². The maximum Gasteiger partial charge on any atom is 0.237 e. The molecule has 2 heterocycles. The molecule has 1 aromatic rings. The molecule has 2 saturated heterocycles. The van der Waals surface area contributed by atoms with Gasteiger partial charge in [0.15, 0.2) is 0 Å². The number of fused-ring (bicyclic) bond motifs is 1. The number of carbonyl (C=O) groups is 1. The van der Waals surface area contributed by atoms with Crippen molar-refractivity contribution in [2.45, 2.75) is 24.9 Å². The molecule has 3 nitrogen and oxygen atoms in total. The lowest BCUT2D eigenvalue weighted by molar-refractivity contribution is -0.135. The molecule has 1 amide bonds. The van der Waals surface area contributed by atoms with Crippen LogP contribution < -0.4 is 5.32 Å². The van der Waals surface area contributed by atoms with E-state index in [1.54, 1.807) is 0 Å². The van der Waals surface area contributed by atoms with Crippen LogP contribution in [0.4, 0.5) is 0 Å². The fraction of sp³-hybridized carbons (Fsp3) is 0.462. The summed E-state index contributed by atoms with van der Waals surface area (Å²) in [7, 11) is 0. The van der Waals surface area contributed by atoms with Gasteiger partial charge in [0, 0.05) is 12.6 Å². The van der Waals surface area contributed by atoms with E-state index in [1.165, 1.54) is 5.56 Å². The van der Waals surface area contributed by atoms with Crippen LogP contribution in [-0.2, 0) is 4.79 Å². The van der Waals surface area contributed by atoms with Gasteiger partial charge in [-0.25, -0.2) is 0 Å². The first-order valence-electron chi connectivity index (χ1n) is 5.93. The van der Waals surface area contributed by atoms with E-state index in [2.05, 4.69) is 34.5 Å². The van der Waals surface area contributed by atoms with Crippen LogP contribution in [0.2, 0.25) is 0 Å². The van der Waals surface area contributed by atoms with E-state index in [0.29, 0.717) is 18.6 Å². The standard InChI is InChI=1S/C13H16N2O/c16-13-9-14-8-11-6-7-12(15(11)13)10-4-2-1-3-5-10/h1-5,11-12,14H,6-9H2. The minimum atomic E-state index is 0.252. The molecule has 1 N–H and O–H groups in total. The molecule has 0 spiro atoms. The normalized spacial score (nSPS) is 29.2. The van der Waals surface area contributed by atoms with Crippen LogP contribution in [0.15, 0.2) is 30.3 Å². The van der Waals surface area contributed by atoms with E-state index < -0.39 is 0 Å². The van der Waals surface area contributed by atoms with Crippen molar-refractivity contribution < 1.29 is 4.79 Å². The van der Waals surface area contributed by atoms with Crippen LogP contribution in [0.1, 0.15) is 24.4 Å². The van der Waals surface area contributed by atoms with E-state index in [4.69, 9.17) is 0 Å². The van der Waals surface area contributed by atoms with Crippen LogP contribution in [0, 0.1) is 0 Å². The molecule has 0 bridgehead atoms. The SMILES string of the molecule is O=C1CNCC2CCC(c3ccccc3)N12. The maximum atomic E-state index is 11.9. The Labute approximate surface area is 95.4 Å². The first kappa shape index (κ1) is 9.85. The van der Waals surface area contributed by atoms with Gasteiger partial charge in [-0.1, -0.05) is 30.3 Å². The summed E-state index contributed by atoms with van der Waals surface area (Å²) >= 11 is 0. The Balaban J connectivity index is 1.89. The van der Waals surface area contributed by atoms with Crippen molar-refractivity contribution in [1.29, 1.82) is 0 Å². The van der Waals surface area contributed by atoms with Crippen molar-refractivity contribution in [3.63, 3.8) is 0 Å². The smallest absolute Gasteiger partial charge is 0.237 e. The second kappa shape index (κ2) is 3.91. The monoisotopic (exact) mass is 216 g/mol. The predicted octanol–water partition coefficient (Wildman–Crippen LogP) is 1.32. The van der Waals surface area contributed by atoms with Crippen molar-refractivity contribution in [1.82, 2.24) is 10.2 Å². The Hall–Kier alpha value is -1.35. The van der Waals surface area contributed by atoms with Gasteiger partial charge in [0.25, 0.3) is 0 Å². The van der Waals surface area contributed by atoms with Crippen LogP contribution in [0.5, 0.6) is 0 Å². The maximum absolute atomic E-state index is 11.9. The van der Waals surface area contributed by atoms with Crippen molar-refractivity contribution >= 4 is 5.91 Å². The second-order valence-corrected chi connectivity index (χ2v) is 4.59. The number of amides is 1. The van der Waals surface area contributed by atoms with Crippen LogP contribution in [0.3, 0.4) is 0 Å². The first-order chi connectivity index (χ1) is 7.86. The number of carbonyl (C=O) groups excluding carboxylic acids is 1. The average Bonchev–Trinajstić information content (AvgIpc) is 2.75. The number of hydrogen-bond donors (Lipinski definition) is 1. The highest BCUT2D eigenvalue weighted by Gasteiger charge is 2.39. The Morgan fingerprint density at radius 1 is 1.19 bits per heavy atom. The molecule has 3 heteroatoms. The number of piperazine rings is 1. The van der Waals surface area contributed by atoms with Gasteiger partial charge < -0.3 is 10.2 Å². The molecule has 2 unspecified atom stereocenters. The van der Waals surface area contributed by atoms with Gasteiger partial charge in [-0.05, 0) is 18.4 Å². The molecular formula is C13H16N2O. The fourth-order valence-corrected chi connectivity index (χ4v) is 2.90. The summed E-state index contributed by atoms with van der Waals surface area (Å²) in [6.45, 7) is 1.45. The molecule has 1 aromatic carbocycles. The number of rotatable bonds is 1. The van der Waals surface area contributed by atoms with Gasteiger partial charge in [-0.3, -0.25) is 4.79 Å². The van der Waals surface area contributed by atoms with Gasteiger partial charge in [-0.2, -0.15) is 0 Å². The van der Waals surface area contributed by atoms with Crippen molar-refractivity contribution in [3.05, 3.63) is 35.9 Å². The average molecular weight is 216 g/mol. The van der Waals surface area contributed by atoms with Crippen LogP contribution >= 0.6 is 0 Å². The van der Waals surface area contributed by atoms with E-state index in [0.717, 1.165) is 19.4 Å². The Morgan fingerprint density at radius 2 is 2.00 bits per heavy atom. The van der Waals surface area contributed by atoms with Gasteiger partial charge >= 0.3 is 0 Å². The van der Waals surface area contributed by atoms with Crippen LogP contribution in [0.25, 0.3) is 0 Å². The molecule has 0 aromatic heterocycles. The Kier molecular flexibility index (Phi) is 2.40. The third-order valence-corrected chi connectivity index (χ3v) is 3.63. The first-order valence-corrected chi connectivity index (χ1v) is 5.93. The summed E-state index contributed by atoms with van der Waals surface area (Å²) in [6, 6.07) is 11.1. The molecule has 3 rings (SSSR count). The topological polar surface area (TPSA) is 32.3 Å². The molecule has 0 aliphatic carbocycles. The minimum Gasteiger partial charge on any atom is -0.330 e. The molecule has 2 fully saturated rings. The van der Waals surface area contributed by atoms with Crippen molar-refractivity contribution in [2.75, 3.05) is 13.1 Å². The fourth-order valence-electron chi connectivity index (χ4n) is 2.90. The number of hydrogen-bond acceptors (Lipinski definition) is 2. The highest BCUT2D eigenvalue weighted by molar-refractivity contribution is 5.80. The van der Waals surface area contributed by atoms with E-state index in [-0.39, 0.29) is 5.91 Å². The number of nitrogens with zero attached hydrogens (tertiary/aromatic N) is 1. The van der Waals surface area contributed by atoms with Crippen molar-refractivity contribution in [3.8, 4) is 0 Å². The van der Waals surface area contributed by atoms with Gasteiger partial charge in [0.1, 0.15) is 0 Å². The molecule has 0 saturated carbocycles. The second-order valence-electron chi connectivity index (χ2n) is 4.59. The highest BCUT2D eigenvalue weighted by Crippen LogP contribution is 2.36. The summed E-state index contributed by atoms with van der Waals surface area (Å²) in [5.41, 5.74) is 1.28. The number of benzene rings is 1.